The number of aromatic nitrogens is 4. The van der Waals surface area contributed by atoms with Crippen LogP contribution >= 0.6 is 15.9 Å². The highest BCUT2D eigenvalue weighted by Crippen LogP contribution is 2.20. The SMILES string of the molecule is CCn1cc(CNC(=O)c2cccc(Cn3nc(C)c(Br)c3C)c2)c(C)n1. The fourth-order valence-electron chi connectivity index (χ4n) is 2.99. The van der Waals surface area contributed by atoms with E-state index in [9.17, 15) is 4.79 Å². The van der Waals surface area contributed by atoms with Gasteiger partial charge in [-0.15, -0.1) is 0 Å². The van der Waals surface area contributed by atoms with Crippen LogP contribution < -0.4 is 5.32 Å². The summed E-state index contributed by atoms with van der Waals surface area (Å²) in [5.41, 5.74) is 5.70. The van der Waals surface area contributed by atoms with Crippen molar-refractivity contribution in [3.8, 4) is 0 Å². The summed E-state index contributed by atoms with van der Waals surface area (Å²) in [5, 5.41) is 11.9. The summed E-state index contributed by atoms with van der Waals surface area (Å²) >= 11 is 3.55. The van der Waals surface area contributed by atoms with Gasteiger partial charge in [-0.1, -0.05) is 12.1 Å². The molecule has 0 aliphatic rings. The summed E-state index contributed by atoms with van der Waals surface area (Å²) in [6.45, 7) is 9.92. The molecule has 0 atom stereocenters. The molecule has 0 aliphatic carbocycles. The molecule has 7 heteroatoms. The van der Waals surface area contributed by atoms with Crippen molar-refractivity contribution in [2.45, 2.75) is 47.3 Å². The Morgan fingerprint density at radius 3 is 2.59 bits per heavy atom. The van der Waals surface area contributed by atoms with Crippen molar-refractivity contribution in [3.63, 3.8) is 0 Å². The number of nitrogens with one attached hydrogen (secondary N) is 1. The lowest BCUT2D eigenvalue weighted by Crippen LogP contribution is -2.23. The highest BCUT2D eigenvalue weighted by Gasteiger charge is 2.12. The Hall–Kier alpha value is -2.41. The monoisotopic (exact) mass is 429 g/mol. The van der Waals surface area contributed by atoms with Crippen LogP contribution in [0.3, 0.4) is 0 Å². The predicted octanol–water partition coefficient (Wildman–Crippen LogP) is 3.77. The Kier molecular flexibility index (Phi) is 5.79. The van der Waals surface area contributed by atoms with Crippen LogP contribution in [-0.4, -0.2) is 25.5 Å². The number of carbonyl (C=O) groups excluding carboxylic acids is 1. The number of hydrogen-bond acceptors (Lipinski definition) is 3. The molecular formula is C20H24BrN5O. The summed E-state index contributed by atoms with van der Waals surface area (Å²) in [4.78, 5) is 12.6. The first-order valence-electron chi connectivity index (χ1n) is 8.98. The molecule has 3 rings (SSSR count). The summed E-state index contributed by atoms with van der Waals surface area (Å²) in [7, 11) is 0. The van der Waals surface area contributed by atoms with Gasteiger partial charge in [0.1, 0.15) is 0 Å². The van der Waals surface area contributed by atoms with Crippen LogP contribution in [0.1, 0.15) is 45.5 Å². The van der Waals surface area contributed by atoms with Gasteiger partial charge in [-0.2, -0.15) is 10.2 Å². The molecule has 2 aromatic heterocycles. The minimum atomic E-state index is -0.0879. The van der Waals surface area contributed by atoms with Crippen LogP contribution in [0.2, 0.25) is 0 Å². The number of hydrogen-bond donors (Lipinski definition) is 1. The Morgan fingerprint density at radius 2 is 1.96 bits per heavy atom. The van der Waals surface area contributed by atoms with E-state index >= 15 is 0 Å². The number of amides is 1. The highest BCUT2D eigenvalue weighted by molar-refractivity contribution is 9.10. The van der Waals surface area contributed by atoms with Crippen molar-refractivity contribution in [3.05, 3.63) is 68.7 Å². The van der Waals surface area contributed by atoms with Crippen LogP contribution in [0.25, 0.3) is 0 Å². The molecule has 0 saturated heterocycles. The lowest BCUT2D eigenvalue weighted by molar-refractivity contribution is 0.0950. The molecular weight excluding hydrogens is 406 g/mol. The van der Waals surface area contributed by atoms with Gasteiger partial charge in [0.05, 0.1) is 28.1 Å². The number of carbonyl (C=O) groups is 1. The molecule has 1 amide bonds. The van der Waals surface area contributed by atoms with Crippen LogP contribution in [0.5, 0.6) is 0 Å². The summed E-state index contributed by atoms with van der Waals surface area (Å²) in [6.07, 6.45) is 1.98. The molecule has 1 N–H and O–H groups in total. The fourth-order valence-corrected chi connectivity index (χ4v) is 3.27. The normalized spacial score (nSPS) is 11.0. The van der Waals surface area contributed by atoms with Gasteiger partial charge in [-0.25, -0.2) is 0 Å². The first-order chi connectivity index (χ1) is 12.9. The number of rotatable bonds is 6. The molecule has 6 nitrogen and oxygen atoms in total. The largest absolute Gasteiger partial charge is 0.348 e. The Balaban J connectivity index is 1.69. The average Bonchev–Trinajstić information content (AvgIpc) is 3.14. The van der Waals surface area contributed by atoms with Crippen LogP contribution in [-0.2, 0) is 19.6 Å². The zero-order valence-corrected chi connectivity index (χ0v) is 17.7. The standard InChI is InChI=1S/C20H24BrN5O/c1-5-25-12-18(13(2)23-25)10-22-20(27)17-8-6-7-16(9-17)11-26-15(4)19(21)14(3)24-26/h6-9,12H,5,10-11H2,1-4H3,(H,22,27). The van der Waals surface area contributed by atoms with Gasteiger partial charge < -0.3 is 5.32 Å². The smallest absolute Gasteiger partial charge is 0.251 e. The van der Waals surface area contributed by atoms with Gasteiger partial charge >= 0.3 is 0 Å². The molecule has 0 radical (unpaired) electrons. The van der Waals surface area contributed by atoms with E-state index in [2.05, 4.69) is 31.4 Å². The van der Waals surface area contributed by atoms with Crippen molar-refractivity contribution >= 4 is 21.8 Å². The third kappa shape index (κ3) is 4.30. The summed E-state index contributed by atoms with van der Waals surface area (Å²) in [5.74, 6) is -0.0879. The first-order valence-corrected chi connectivity index (χ1v) is 9.78. The van der Waals surface area contributed by atoms with Crippen LogP contribution in [0.4, 0.5) is 0 Å². The second-order valence-electron chi connectivity index (χ2n) is 6.62. The lowest BCUT2D eigenvalue weighted by atomic mass is 10.1. The van der Waals surface area contributed by atoms with E-state index in [4.69, 9.17) is 0 Å². The minimum Gasteiger partial charge on any atom is -0.348 e. The molecule has 0 fully saturated rings. The van der Waals surface area contributed by atoms with E-state index in [1.165, 1.54) is 0 Å². The van der Waals surface area contributed by atoms with E-state index in [0.717, 1.165) is 39.2 Å². The molecule has 0 unspecified atom stereocenters. The maximum atomic E-state index is 12.6. The quantitative estimate of drug-likeness (QED) is 0.648. The topological polar surface area (TPSA) is 64.7 Å². The summed E-state index contributed by atoms with van der Waals surface area (Å²) < 4.78 is 4.85. The van der Waals surface area contributed by atoms with E-state index in [-0.39, 0.29) is 5.91 Å². The first kappa shape index (κ1) is 19.4. The van der Waals surface area contributed by atoms with Crippen LogP contribution in [0, 0.1) is 20.8 Å². The third-order valence-corrected chi connectivity index (χ3v) is 5.77. The van der Waals surface area contributed by atoms with Crippen molar-refractivity contribution in [2.24, 2.45) is 0 Å². The van der Waals surface area contributed by atoms with Gasteiger partial charge in [0.15, 0.2) is 0 Å². The molecule has 2 heterocycles. The number of aryl methyl sites for hydroxylation is 3. The zero-order valence-electron chi connectivity index (χ0n) is 16.1. The molecule has 1 aromatic carbocycles. The Bertz CT molecular complexity index is 973. The van der Waals surface area contributed by atoms with Gasteiger partial charge in [0.25, 0.3) is 5.91 Å². The Labute approximate surface area is 167 Å². The fraction of sp³-hybridized carbons (Fsp3) is 0.350. The maximum absolute atomic E-state index is 12.6. The molecule has 0 spiro atoms. The highest BCUT2D eigenvalue weighted by atomic mass is 79.9. The molecule has 142 valence electrons. The van der Waals surface area contributed by atoms with E-state index in [0.29, 0.717) is 18.7 Å². The lowest BCUT2D eigenvalue weighted by Gasteiger charge is -2.08. The van der Waals surface area contributed by atoms with Crippen molar-refractivity contribution < 1.29 is 4.79 Å². The predicted molar refractivity (Wildman–Crippen MR) is 109 cm³/mol. The molecule has 0 bridgehead atoms. The number of halogens is 1. The van der Waals surface area contributed by atoms with Crippen molar-refractivity contribution in [1.82, 2.24) is 24.9 Å². The van der Waals surface area contributed by atoms with Gasteiger partial charge in [0, 0.05) is 30.4 Å². The van der Waals surface area contributed by atoms with Gasteiger partial charge in [-0.05, 0) is 61.3 Å². The molecule has 0 saturated carbocycles. The van der Waals surface area contributed by atoms with Crippen molar-refractivity contribution in [1.29, 1.82) is 0 Å². The van der Waals surface area contributed by atoms with Gasteiger partial charge in [-0.3, -0.25) is 14.2 Å². The molecule has 27 heavy (non-hydrogen) atoms. The number of nitrogens with zero attached hydrogens (tertiary/aromatic N) is 4. The third-order valence-electron chi connectivity index (χ3n) is 4.63. The summed E-state index contributed by atoms with van der Waals surface area (Å²) in [6, 6.07) is 7.67. The van der Waals surface area contributed by atoms with Gasteiger partial charge in [0.2, 0.25) is 0 Å². The zero-order chi connectivity index (χ0) is 19.6. The number of benzene rings is 1. The average molecular weight is 430 g/mol. The van der Waals surface area contributed by atoms with E-state index in [1.54, 1.807) is 0 Å². The minimum absolute atomic E-state index is 0.0879. The Morgan fingerprint density at radius 1 is 1.19 bits per heavy atom. The van der Waals surface area contributed by atoms with Crippen LogP contribution in [0.15, 0.2) is 34.9 Å². The van der Waals surface area contributed by atoms with Crippen molar-refractivity contribution in [2.75, 3.05) is 0 Å². The van der Waals surface area contributed by atoms with E-state index in [1.807, 2.05) is 67.5 Å². The second-order valence-corrected chi connectivity index (χ2v) is 7.41. The second kappa shape index (κ2) is 8.08. The maximum Gasteiger partial charge on any atom is 0.251 e. The molecule has 3 aromatic rings. The van der Waals surface area contributed by atoms with E-state index < -0.39 is 0 Å². The molecule has 0 aliphatic heterocycles.